The lowest BCUT2D eigenvalue weighted by Gasteiger charge is -2.10. The molecule has 0 fully saturated rings. The van der Waals surface area contributed by atoms with Crippen LogP contribution in [0.2, 0.25) is 0 Å². The van der Waals surface area contributed by atoms with Crippen LogP contribution in [0.25, 0.3) is 0 Å². The van der Waals surface area contributed by atoms with E-state index < -0.39 is 6.43 Å². The van der Waals surface area contributed by atoms with Gasteiger partial charge in [-0.1, -0.05) is 0 Å². The standard InChI is InChI=1S/C10H9F2NO2/c1-14-8-3-6(5-13)7(10(11)12)4-9(8)15-2/h3-4,10H,1-2H3. The van der Waals surface area contributed by atoms with Gasteiger partial charge in [0, 0.05) is 11.6 Å². The van der Waals surface area contributed by atoms with E-state index in [0.717, 1.165) is 6.07 Å². The fourth-order valence-electron chi connectivity index (χ4n) is 1.17. The SMILES string of the molecule is COc1cc(C#N)c(C(F)F)cc1OC. The Labute approximate surface area is 85.8 Å². The molecule has 0 saturated carbocycles. The average Bonchev–Trinajstić information content (AvgIpc) is 2.26. The molecule has 0 aliphatic carbocycles. The van der Waals surface area contributed by atoms with E-state index in [2.05, 4.69) is 0 Å². The van der Waals surface area contributed by atoms with Crippen LogP contribution in [-0.4, -0.2) is 14.2 Å². The summed E-state index contributed by atoms with van der Waals surface area (Å²) in [6, 6.07) is 4.04. The number of ether oxygens (including phenoxy) is 2. The van der Waals surface area contributed by atoms with Crippen LogP contribution in [0.15, 0.2) is 12.1 Å². The Morgan fingerprint density at radius 1 is 1.20 bits per heavy atom. The highest BCUT2D eigenvalue weighted by atomic mass is 19.3. The summed E-state index contributed by atoms with van der Waals surface area (Å²) in [5.74, 6) is 0.449. The number of nitriles is 1. The van der Waals surface area contributed by atoms with Gasteiger partial charge in [0.25, 0.3) is 6.43 Å². The van der Waals surface area contributed by atoms with Gasteiger partial charge >= 0.3 is 0 Å². The van der Waals surface area contributed by atoms with E-state index in [0.29, 0.717) is 0 Å². The molecular weight excluding hydrogens is 204 g/mol. The van der Waals surface area contributed by atoms with Crippen LogP contribution >= 0.6 is 0 Å². The number of benzene rings is 1. The minimum Gasteiger partial charge on any atom is -0.493 e. The van der Waals surface area contributed by atoms with Gasteiger partial charge < -0.3 is 9.47 Å². The van der Waals surface area contributed by atoms with Crippen LogP contribution < -0.4 is 9.47 Å². The number of alkyl halides is 2. The molecule has 0 aliphatic heterocycles. The first-order chi connectivity index (χ1) is 7.13. The molecule has 0 saturated heterocycles. The first kappa shape index (κ1) is 11.2. The molecule has 0 aliphatic rings. The molecule has 5 heteroatoms. The zero-order valence-corrected chi connectivity index (χ0v) is 8.25. The van der Waals surface area contributed by atoms with Crippen LogP contribution in [-0.2, 0) is 0 Å². The van der Waals surface area contributed by atoms with Crippen LogP contribution in [0, 0.1) is 11.3 Å². The second-order valence-corrected chi connectivity index (χ2v) is 2.71. The van der Waals surface area contributed by atoms with Crippen molar-refractivity contribution in [2.45, 2.75) is 6.43 Å². The largest absolute Gasteiger partial charge is 0.493 e. The molecule has 1 aromatic rings. The maximum atomic E-state index is 12.5. The summed E-state index contributed by atoms with van der Waals surface area (Å²) in [5, 5.41) is 8.67. The van der Waals surface area contributed by atoms with E-state index in [4.69, 9.17) is 14.7 Å². The Kier molecular flexibility index (Phi) is 3.45. The number of hydrogen-bond donors (Lipinski definition) is 0. The molecule has 0 heterocycles. The highest BCUT2D eigenvalue weighted by Gasteiger charge is 2.17. The summed E-state index contributed by atoms with van der Waals surface area (Å²) in [7, 11) is 2.72. The molecule has 0 atom stereocenters. The fraction of sp³-hybridized carbons (Fsp3) is 0.300. The van der Waals surface area contributed by atoms with Crippen molar-refractivity contribution in [3.05, 3.63) is 23.3 Å². The third kappa shape index (κ3) is 2.15. The van der Waals surface area contributed by atoms with Crippen molar-refractivity contribution in [2.24, 2.45) is 0 Å². The van der Waals surface area contributed by atoms with Crippen LogP contribution in [0.5, 0.6) is 11.5 Å². The summed E-state index contributed by atoms with van der Waals surface area (Å²) >= 11 is 0. The van der Waals surface area contributed by atoms with Gasteiger partial charge in [-0.15, -0.1) is 0 Å². The molecule has 0 unspecified atom stereocenters. The van der Waals surface area contributed by atoms with E-state index in [1.165, 1.54) is 20.3 Å². The quantitative estimate of drug-likeness (QED) is 0.774. The third-order valence-corrected chi connectivity index (χ3v) is 1.91. The van der Waals surface area contributed by atoms with Crippen molar-refractivity contribution in [3.63, 3.8) is 0 Å². The average molecular weight is 213 g/mol. The summed E-state index contributed by atoms with van der Waals surface area (Å²) in [6.45, 7) is 0. The number of halogens is 2. The van der Waals surface area contributed by atoms with E-state index in [-0.39, 0.29) is 22.6 Å². The molecule has 0 spiro atoms. The molecule has 0 bridgehead atoms. The predicted molar refractivity (Wildman–Crippen MR) is 49.2 cm³/mol. The van der Waals surface area contributed by atoms with Crippen molar-refractivity contribution in [1.29, 1.82) is 5.26 Å². The van der Waals surface area contributed by atoms with Gasteiger partial charge in [0.2, 0.25) is 0 Å². The number of nitrogens with zero attached hydrogens (tertiary/aromatic N) is 1. The smallest absolute Gasteiger partial charge is 0.265 e. The van der Waals surface area contributed by atoms with Crippen LogP contribution in [0.1, 0.15) is 17.6 Å². The Morgan fingerprint density at radius 2 is 1.73 bits per heavy atom. The van der Waals surface area contributed by atoms with Crippen molar-refractivity contribution in [3.8, 4) is 17.6 Å². The molecule has 0 aromatic heterocycles. The van der Waals surface area contributed by atoms with Gasteiger partial charge in [0.1, 0.15) is 0 Å². The molecule has 0 amide bonds. The number of rotatable bonds is 3. The van der Waals surface area contributed by atoms with E-state index in [1.807, 2.05) is 0 Å². The van der Waals surface area contributed by atoms with Gasteiger partial charge in [0.15, 0.2) is 11.5 Å². The second kappa shape index (κ2) is 4.60. The minimum atomic E-state index is -2.71. The summed E-state index contributed by atoms with van der Waals surface area (Å²) in [4.78, 5) is 0. The fourth-order valence-corrected chi connectivity index (χ4v) is 1.17. The summed E-state index contributed by atoms with van der Waals surface area (Å²) in [6.07, 6.45) is -2.71. The van der Waals surface area contributed by atoms with Gasteiger partial charge in [-0.05, 0) is 6.07 Å². The Bertz CT molecular complexity index is 399. The zero-order valence-electron chi connectivity index (χ0n) is 8.25. The lowest BCUT2D eigenvalue weighted by atomic mass is 10.1. The lowest BCUT2D eigenvalue weighted by Crippen LogP contribution is -1.96. The molecule has 0 N–H and O–H groups in total. The van der Waals surface area contributed by atoms with E-state index in [9.17, 15) is 8.78 Å². The van der Waals surface area contributed by atoms with Gasteiger partial charge in [-0.3, -0.25) is 0 Å². The van der Waals surface area contributed by atoms with Gasteiger partial charge in [0.05, 0.1) is 25.9 Å². The minimum absolute atomic E-state index is 0.109. The molecule has 15 heavy (non-hydrogen) atoms. The molecule has 3 nitrogen and oxygen atoms in total. The highest BCUT2D eigenvalue weighted by molar-refractivity contribution is 5.52. The van der Waals surface area contributed by atoms with Crippen LogP contribution in [0.4, 0.5) is 8.78 Å². The number of methoxy groups -OCH3 is 2. The van der Waals surface area contributed by atoms with Crippen molar-refractivity contribution >= 4 is 0 Å². The lowest BCUT2D eigenvalue weighted by molar-refractivity contribution is 0.150. The Hall–Kier alpha value is -1.83. The molecule has 1 rings (SSSR count). The molecular formula is C10H9F2NO2. The third-order valence-electron chi connectivity index (χ3n) is 1.91. The highest BCUT2D eigenvalue weighted by Crippen LogP contribution is 2.34. The maximum Gasteiger partial charge on any atom is 0.265 e. The predicted octanol–water partition coefficient (Wildman–Crippen LogP) is 2.51. The topological polar surface area (TPSA) is 42.2 Å². The zero-order chi connectivity index (χ0) is 11.4. The first-order valence-electron chi connectivity index (χ1n) is 4.08. The Morgan fingerprint density at radius 3 is 2.13 bits per heavy atom. The van der Waals surface area contributed by atoms with Crippen LogP contribution in [0.3, 0.4) is 0 Å². The Balaban J connectivity index is 3.36. The molecule has 1 aromatic carbocycles. The van der Waals surface area contributed by atoms with Crippen molar-refractivity contribution in [1.82, 2.24) is 0 Å². The molecule has 80 valence electrons. The van der Waals surface area contributed by atoms with E-state index >= 15 is 0 Å². The normalized spacial score (nSPS) is 9.87. The van der Waals surface area contributed by atoms with E-state index in [1.54, 1.807) is 6.07 Å². The molecule has 0 radical (unpaired) electrons. The first-order valence-corrected chi connectivity index (χ1v) is 4.08. The summed E-state index contributed by atoms with van der Waals surface area (Å²) in [5.41, 5.74) is -0.460. The summed E-state index contributed by atoms with van der Waals surface area (Å²) < 4.78 is 34.8. The van der Waals surface area contributed by atoms with Crippen molar-refractivity contribution in [2.75, 3.05) is 14.2 Å². The second-order valence-electron chi connectivity index (χ2n) is 2.71. The van der Waals surface area contributed by atoms with Gasteiger partial charge in [-0.2, -0.15) is 5.26 Å². The van der Waals surface area contributed by atoms with Crippen molar-refractivity contribution < 1.29 is 18.3 Å². The number of hydrogen-bond acceptors (Lipinski definition) is 3. The maximum absolute atomic E-state index is 12.5. The monoisotopic (exact) mass is 213 g/mol. The van der Waals surface area contributed by atoms with Gasteiger partial charge in [-0.25, -0.2) is 8.78 Å².